The van der Waals surface area contributed by atoms with Gasteiger partial charge in [-0.3, -0.25) is 14.4 Å². The highest BCUT2D eigenvalue weighted by Crippen LogP contribution is 2.13. The van der Waals surface area contributed by atoms with Gasteiger partial charge in [0.2, 0.25) is 5.91 Å². The lowest BCUT2D eigenvalue weighted by molar-refractivity contribution is -0.144. The first kappa shape index (κ1) is 34.8. The van der Waals surface area contributed by atoms with E-state index in [1.807, 2.05) is 0 Å². The molecule has 0 aliphatic carbocycles. The number of hydrogen-bond acceptors (Lipinski definition) is 5. The number of unbranched alkanes of at least 4 members (excludes halogenated alkanes) is 15. The Morgan fingerprint density at radius 2 is 0.946 bits per heavy atom. The van der Waals surface area contributed by atoms with Crippen LogP contribution in [0.3, 0.4) is 0 Å². The molecule has 9 heteroatoms. The normalized spacial score (nSPS) is 12.7. The van der Waals surface area contributed by atoms with E-state index >= 15 is 0 Å². The van der Waals surface area contributed by atoms with E-state index in [0.717, 1.165) is 19.3 Å². The molecule has 5 N–H and O–H groups in total. The molecule has 0 aliphatic heterocycles. The van der Waals surface area contributed by atoms with E-state index in [4.69, 9.17) is 10.2 Å². The average Bonchev–Trinajstić information content (AvgIpc) is 2.84. The highest BCUT2D eigenvalue weighted by atomic mass is 16.4. The van der Waals surface area contributed by atoms with Gasteiger partial charge in [0.25, 0.3) is 0 Å². The van der Waals surface area contributed by atoms with Crippen LogP contribution in [-0.4, -0.2) is 57.8 Å². The first-order valence-electron chi connectivity index (χ1n) is 14.5. The van der Waals surface area contributed by atoms with Crippen molar-refractivity contribution >= 4 is 23.8 Å². The second kappa shape index (κ2) is 24.2. The molecule has 0 aromatic rings. The highest BCUT2D eigenvalue weighted by molar-refractivity contribution is 5.87. The second-order valence-corrected chi connectivity index (χ2v) is 10.1. The molecule has 0 aliphatic rings. The Hall–Kier alpha value is -2.16. The van der Waals surface area contributed by atoms with Crippen LogP contribution in [-0.2, 0) is 19.2 Å². The monoisotopic (exact) mass is 528 g/mol. The van der Waals surface area contributed by atoms with Crippen LogP contribution in [0.25, 0.3) is 0 Å². The van der Waals surface area contributed by atoms with E-state index in [1.54, 1.807) is 0 Å². The van der Waals surface area contributed by atoms with Crippen LogP contribution in [0.1, 0.15) is 135 Å². The number of carboxylic acids is 3. The van der Waals surface area contributed by atoms with Gasteiger partial charge in [-0.15, -0.1) is 0 Å². The Kier molecular flexibility index (Phi) is 22.8. The van der Waals surface area contributed by atoms with Crippen molar-refractivity contribution in [1.29, 1.82) is 0 Å². The average molecular weight is 529 g/mol. The van der Waals surface area contributed by atoms with Crippen LogP contribution in [0.5, 0.6) is 0 Å². The van der Waals surface area contributed by atoms with Gasteiger partial charge in [0.1, 0.15) is 6.04 Å². The van der Waals surface area contributed by atoms with E-state index in [-0.39, 0.29) is 25.7 Å². The third kappa shape index (κ3) is 22.7. The lowest BCUT2D eigenvalue weighted by Gasteiger charge is -2.21. The van der Waals surface area contributed by atoms with Gasteiger partial charge in [0, 0.05) is 12.8 Å². The maximum atomic E-state index is 12.5. The zero-order valence-electron chi connectivity index (χ0n) is 23.0. The summed E-state index contributed by atoms with van der Waals surface area (Å²) in [5.74, 6) is -4.12. The van der Waals surface area contributed by atoms with Crippen LogP contribution in [0.4, 0.5) is 0 Å². The molecule has 1 amide bonds. The van der Waals surface area contributed by atoms with Crippen LogP contribution < -0.4 is 10.6 Å². The van der Waals surface area contributed by atoms with E-state index in [9.17, 15) is 24.3 Å². The van der Waals surface area contributed by atoms with Gasteiger partial charge in [-0.2, -0.15) is 0 Å². The summed E-state index contributed by atoms with van der Waals surface area (Å²) in [6, 6.07) is -2.16. The molecule has 0 saturated carbocycles. The minimum Gasteiger partial charge on any atom is -0.481 e. The van der Waals surface area contributed by atoms with Crippen molar-refractivity contribution in [2.45, 2.75) is 147 Å². The maximum absolute atomic E-state index is 12.5. The molecular formula is C28H52N2O7. The summed E-state index contributed by atoms with van der Waals surface area (Å²) in [6.07, 6.45) is 19.4. The molecule has 0 fully saturated rings. The zero-order valence-corrected chi connectivity index (χ0v) is 23.0. The third-order valence-electron chi connectivity index (χ3n) is 6.65. The molecule has 0 rings (SSSR count). The van der Waals surface area contributed by atoms with Crippen LogP contribution >= 0.6 is 0 Å². The quantitative estimate of drug-likeness (QED) is 0.0875. The van der Waals surface area contributed by atoms with Crippen LogP contribution in [0, 0.1) is 0 Å². The van der Waals surface area contributed by atoms with Gasteiger partial charge in [-0.05, 0) is 25.8 Å². The Bertz CT molecular complexity index is 628. The van der Waals surface area contributed by atoms with Crippen LogP contribution in [0.15, 0.2) is 0 Å². The molecule has 0 radical (unpaired) electrons. The maximum Gasteiger partial charge on any atom is 0.326 e. The van der Waals surface area contributed by atoms with Gasteiger partial charge < -0.3 is 26.0 Å². The summed E-state index contributed by atoms with van der Waals surface area (Å²) in [5, 5.41) is 32.4. The van der Waals surface area contributed by atoms with Gasteiger partial charge in [0.05, 0.1) is 6.04 Å². The van der Waals surface area contributed by atoms with Crippen molar-refractivity contribution in [2.24, 2.45) is 0 Å². The molecule has 0 spiro atoms. The molecule has 0 aromatic heterocycles. The Morgan fingerprint density at radius 1 is 0.568 bits per heavy atom. The number of amides is 1. The molecule has 0 heterocycles. The van der Waals surface area contributed by atoms with Crippen molar-refractivity contribution in [3.8, 4) is 0 Å². The number of rotatable bonds is 27. The molecule has 9 nitrogen and oxygen atoms in total. The first-order valence-corrected chi connectivity index (χ1v) is 14.5. The molecule has 0 saturated heterocycles. The zero-order chi connectivity index (χ0) is 27.7. The minimum absolute atomic E-state index is 0.0330. The predicted octanol–water partition coefficient (Wildman–Crippen LogP) is 5.51. The number of carbonyl (C=O) groups is 4. The number of carboxylic acid groups (broad SMARTS) is 3. The Balaban J connectivity index is 3.98. The van der Waals surface area contributed by atoms with Crippen molar-refractivity contribution < 1.29 is 34.5 Å². The van der Waals surface area contributed by atoms with Gasteiger partial charge >= 0.3 is 17.9 Å². The van der Waals surface area contributed by atoms with E-state index in [0.29, 0.717) is 6.54 Å². The Labute approximate surface area is 223 Å². The largest absolute Gasteiger partial charge is 0.481 e. The fourth-order valence-electron chi connectivity index (χ4n) is 4.34. The van der Waals surface area contributed by atoms with E-state index < -0.39 is 35.9 Å². The van der Waals surface area contributed by atoms with Crippen LogP contribution in [0.2, 0.25) is 0 Å². The van der Waals surface area contributed by atoms with Crippen molar-refractivity contribution in [2.75, 3.05) is 6.54 Å². The smallest absolute Gasteiger partial charge is 0.326 e. The molecule has 0 bridgehead atoms. The number of aliphatic carboxylic acids is 3. The van der Waals surface area contributed by atoms with Crippen molar-refractivity contribution in [3.63, 3.8) is 0 Å². The summed E-state index contributed by atoms with van der Waals surface area (Å²) < 4.78 is 0. The summed E-state index contributed by atoms with van der Waals surface area (Å²) in [7, 11) is 0. The topological polar surface area (TPSA) is 153 Å². The summed E-state index contributed by atoms with van der Waals surface area (Å²) in [6.45, 7) is 2.78. The second-order valence-electron chi connectivity index (χ2n) is 10.1. The summed E-state index contributed by atoms with van der Waals surface area (Å²) in [5.41, 5.74) is 0. The van der Waals surface area contributed by atoms with E-state index in [1.165, 1.54) is 83.5 Å². The van der Waals surface area contributed by atoms with Gasteiger partial charge in [0.15, 0.2) is 0 Å². The lowest BCUT2D eigenvalue weighted by Crippen LogP contribution is -2.50. The number of nitrogens with one attached hydrogen (secondary N) is 2. The molecular weight excluding hydrogens is 476 g/mol. The molecule has 216 valence electrons. The summed E-state index contributed by atoms with van der Waals surface area (Å²) in [4.78, 5) is 45.6. The molecule has 2 atom stereocenters. The Morgan fingerprint density at radius 3 is 1.32 bits per heavy atom. The fraction of sp³-hybridized carbons (Fsp3) is 0.857. The van der Waals surface area contributed by atoms with Crippen molar-refractivity contribution in [1.82, 2.24) is 10.6 Å². The SMILES string of the molecule is CCCCCCCCCCCCCCCCCCN[C@@H](CCC(=O)O)C(=O)N[C@@H](CCC(=O)O)C(=O)O. The number of carbonyl (C=O) groups excluding carboxylic acids is 1. The van der Waals surface area contributed by atoms with Gasteiger partial charge in [-0.25, -0.2) is 4.79 Å². The standard InChI is InChI=1S/C28H52N2O7/c1-2-3-4-5-6-7-8-9-10-11-12-13-14-15-16-17-22-29-23(18-20-25(31)32)27(35)30-24(28(36)37)19-21-26(33)34/h23-24,29H,2-22H2,1H3,(H,30,35)(H,31,32)(H,33,34)(H,36,37)/t23-,24-/m0/s1. The third-order valence-corrected chi connectivity index (χ3v) is 6.65. The molecule has 0 aromatic carbocycles. The summed E-state index contributed by atoms with van der Waals surface area (Å²) >= 11 is 0. The first-order chi connectivity index (χ1) is 17.8. The number of hydrogen-bond donors (Lipinski definition) is 5. The predicted molar refractivity (Wildman–Crippen MR) is 145 cm³/mol. The van der Waals surface area contributed by atoms with Crippen molar-refractivity contribution in [3.05, 3.63) is 0 Å². The molecule has 37 heavy (non-hydrogen) atoms. The lowest BCUT2D eigenvalue weighted by atomic mass is 10.0. The molecule has 0 unspecified atom stereocenters. The fourth-order valence-corrected chi connectivity index (χ4v) is 4.34. The minimum atomic E-state index is -1.33. The highest BCUT2D eigenvalue weighted by Gasteiger charge is 2.26. The van der Waals surface area contributed by atoms with Gasteiger partial charge in [-0.1, -0.05) is 103 Å². The van der Waals surface area contributed by atoms with E-state index in [2.05, 4.69) is 17.6 Å².